The molecule has 0 unspecified atom stereocenters. The van der Waals surface area contributed by atoms with Crippen LogP contribution in [-0.4, -0.2) is 45.2 Å². The lowest BCUT2D eigenvalue weighted by atomic mass is 10.0. The van der Waals surface area contributed by atoms with Crippen LogP contribution in [-0.2, 0) is 11.3 Å². The molecule has 5 nitrogen and oxygen atoms in total. The highest BCUT2D eigenvalue weighted by Crippen LogP contribution is 2.20. The van der Waals surface area contributed by atoms with Gasteiger partial charge in [-0.15, -0.1) is 0 Å². The summed E-state index contributed by atoms with van der Waals surface area (Å²) in [6.45, 7) is 7.70. The summed E-state index contributed by atoms with van der Waals surface area (Å²) in [4.78, 5) is 4.08. The fourth-order valence-electron chi connectivity index (χ4n) is 2.43. The molecule has 0 radical (unpaired) electrons. The number of aromatic nitrogens is 3. The van der Waals surface area contributed by atoms with E-state index in [1.807, 2.05) is 36.5 Å². The summed E-state index contributed by atoms with van der Waals surface area (Å²) in [7, 11) is 0. The maximum absolute atomic E-state index is 5.54. The fourth-order valence-corrected chi connectivity index (χ4v) is 2.43. The Morgan fingerprint density at radius 2 is 2.05 bits per heavy atom. The molecule has 2 heterocycles. The molecule has 3 rings (SSSR count). The van der Waals surface area contributed by atoms with Gasteiger partial charge in [-0.1, -0.05) is 18.2 Å². The highest BCUT2D eigenvalue weighted by atomic mass is 16.5. The van der Waals surface area contributed by atoms with E-state index in [9.17, 15) is 0 Å². The molecular weight excluding hydrogens is 252 g/mol. The summed E-state index contributed by atoms with van der Waals surface area (Å²) in [5, 5.41) is 8.91. The van der Waals surface area contributed by atoms with E-state index in [0.717, 1.165) is 37.7 Å². The minimum atomic E-state index is 0.0504. The van der Waals surface area contributed by atoms with Crippen molar-refractivity contribution < 1.29 is 4.74 Å². The first-order chi connectivity index (χ1) is 9.65. The average Bonchev–Trinajstić information content (AvgIpc) is 2.91. The molecule has 1 aliphatic heterocycles. The highest BCUT2D eigenvalue weighted by Gasteiger charge is 2.30. The van der Waals surface area contributed by atoms with Crippen LogP contribution in [0.3, 0.4) is 0 Å². The van der Waals surface area contributed by atoms with E-state index in [1.54, 1.807) is 4.80 Å². The first-order valence-corrected chi connectivity index (χ1v) is 6.95. The van der Waals surface area contributed by atoms with Crippen LogP contribution in [0.2, 0.25) is 0 Å². The second kappa shape index (κ2) is 5.34. The molecule has 1 aliphatic rings. The first-order valence-electron chi connectivity index (χ1n) is 6.95. The normalized spacial score (nSPS) is 19.1. The molecule has 2 aromatic rings. The predicted octanol–water partition coefficient (Wildman–Crippen LogP) is 1.88. The van der Waals surface area contributed by atoms with E-state index in [-0.39, 0.29) is 5.54 Å². The Hall–Kier alpha value is -1.72. The number of para-hydroxylation sites is 1. The van der Waals surface area contributed by atoms with Crippen LogP contribution in [0.1, 0.15) is 19.5 Å². The zero-order valence-electron chi connectivity index (χ0n) is 12.0. The topological polar surface area (TPSA) is 43.2 Å². The zero-order valence-corrected chi connectivity index (χ0v) is 12.0. The number of ether oxygens (including phenoxy) is 1. The van der Waals surface area contributed by atoms with Crippen LogP contribution in [0.25, 0.3) is 5.69 Å². The van der Waals surface area contributed by atoms with Crippen LogP contribution in [0, 0.1) is 0 Å². The standard InChI is InChI=1S/C15H20N4O/c1-15(2)12-20-9-8-18(15)11-13-10-16-19(17-13)14-6-4-3-5-7-14/h3-7,10H,8-9,11-12H2,1-2H3. The summed E-state index contributed by atoms with van der Waals surface area (Å²) in [5.41, 5.74) is 2.03. The number of hydrogen-bond donors (Lipinski definition) is 0. The molecule has 0 N–H and O–H groups in total. The van der Waals surface area contributed by atoms with Crippen LogP contribution < -0.4 is 0 Å². The second-order valence-electron chi connectivity index (χ2n) is 5.75. The number of nitrogens with zero attached hydrogens (tertiary/aromatic N) is 4. The Labute approximate surface area is 119 Å². The van der Waals surface area contributed by atoms with Crippen LogP contribution in [0.15, 0.2) is 36.5 Å². The van der Waals surface area contributed by atoms with Crippen molar-refractivity contribution in [2.75, 3.05) is 19.8 Å². The molecule has 106 valence electrons. The zero-order chi connectivity index (χ0) is 14.0. The Bertz CT molecular complexity index is 564. The molecule has 0 bridgehead atoms. The minimum absolute atomic E-state index is 0.0504. The number of morpholine rings is 1. The van der Waals surface area contributed by atoms with Gasteiger partial charge in [-0.2, -0.15) is 15.0 Å². The molecule has 1 aromatic heterocycles. The lowest BCUT2D eigenvalue weighted by Gasteiger charge is -2.41. The molecule has 1 saturated heterocycles. The van der Waals surface area contributed by atoms with Gasteiger partial charge >= 0.3 is 0 Å². The van der Waals surface area contributed by atoms with Crippen molar-refractivity contribution in [3.05, 3.63) is 42.2 Å². The molecule has 0 aliphatic carbocycles. The Kier molecular flexibility index (Phi) is 3.54. The summed E-state index contributed by atoms with van der Waals surface area (Å²) in [6, 6.07) is 9.97. The van der Waals surface area contributed by atoms with Gasteiger partial charge in [0.1, 0.15) is 0 Å². The van der Waals surface area contributed by atoms with Crippen molar-refractivity contribution in [3.63, 3.8) is 0 Å². The smallest absolute Gasteiger partial charge is 0.0972 e. The Morgan fingerprint density at radius 3 is 2.80 bits per heavy atom. The van der Waals surface area contributed by atoms with Gasteiger partial charge in [0.2, 0.25) is 0 Å². The maximum atomic E-state index is 5.54. The van der Waals surface area contributed by atoms with E-state index in [2.05, 4.69) is 28.9 Å². The molecule has 20 heavy (non-hydrogen) atoms. The van der Waals surface area contributed by atoms with Crippen molar-refractivity contribution in [2.24, 2.45) is 0 Å². The van der Waals surface area contributed by atoms with Crippen LogP contribution in [0.5, 0.6) is 0 Å². The van der Waals surface area contributed by atoms with Gasteiger partial charge in [0.25, 0.3) is 0 Å². The van der Waals surface area contributed by atoms with Gasteiger partial charge in [0.15, 0.2) is 0 Å². The molecule has 0 atom stereocenters. The van der Waals surface area contributed by atoms with E-state index < -0.39 is 0 Å². The van der Waals surface area contributed by atoms with Gasteiger partial charge in [-0.3, -0.25) is 4.90 Å². The third-order valence-electron chi connectivity index (χ3n) is 3.70. The third-order valence-corrected chi connectivity index (χ3v) is 3.70. The summed E-state index contributed by atoms with van der Waals surface area (Å²) in [5.74, 6) is 0. The van der Waals surface area contributed by atoms with Gasteiger partial charge in [0.05, 0.1) is 30.8 Å². The van der Waals surface area contributed by atoms with Crippen molar-refractivity contribution in [1.82, 2.24) is 19.9 Å². The lowest BCUT2D eigenvalue weighted by Crippen LogP contribution is -2.52. The van der Waals surface area contributed by atoms with Crippen LogP contribution >= 0.6 is 0 Å². The summed E-state index contributed by atoms with van der Waals surface area (Å²) < 4.78 is 5.54. The monoisotopic (exact) mass is 272 g/mol. The second-order valence-corrected chi connectivity index (χ2v) is 5.75. The van der Waals surface area contributed by atoms with Crippen LogP contribution in [0.4, 0.5) is 0 Å². The summed E-state index contributed by atoms with van der Waals surface area (Å²) >= 11 is 0. The lowest BCUT2D eigenvalue weighted by molar-refractivity contribution is -0.0558. The summed E-state index contributed by atoms with van der Waals surface area (Å²) in [6.07, 6.45) is 1.85. The maximum Gasteiger partial charge on any atom is 0.0972 e. The molecule has 0 amide bonds. The third kappa shape index (κ3) is 2.73. The number of benzene rings is 1. The quantitative estimate of drug-likeness (QED) is 0.855. The highest BCUT2D eigenvalue weighted by molar-refractivity contribution is 5.28. The van der Waals surface area contributed by atoms with Crippen molar-refractivity contribution in [1.29, 1.82) is 0 Å². The molecular formula is C15H20N4O. The van der Waals surface area contributed by atoms with E-state index in [1.165, 1.54) is 0 Å². The fraction of sp³-hybridized carbons (Fsp3) is 0.467. The van der Waals surface area contributed by atoms with Crippen molar-refractivity contribution in [3.8, 4) is 5.69 Å². The molecule has 0 spiro atoms. The van der Waals surface area contributed by atoms with Gasteiger partial charge in [-0.25, -0.2) is 0 Å². The number of rotatable bonds is 3. The molecule has 1 fully saturated rings. The predicted molar refractivity (Wildman–Crippen MR) is 76.7 cm³/mol. The van der Waals surface area contributed by atoms with Crippen molar-refractivity contribution >= 4 is 0 Å². The van der Waals surface area contributed by atoms with E-state index >= 15 is 0 Å². The van der Waals surface area contributed by atoms with E-state index in [0.29, 0.717) is 0 Å². The van der Waals surface area contributed by atoms with Gasteiger partial charge in [-0.05, 0) is 26.0 Å². The van der Waals surface area contributed by atoms with E-state index in [4.69, 9.17) is 4.74 Å². The molecule has 1 aromatic carbocycles. The molecule has 5 heteroatoms. The largest absolute Gasteiger partial charge is 0.378 e. The van der Waals surface area contributed by atoms with Gasteiger partial charge < -0.3 is 4.74 Å². The van der Waals surface area contributed by atoms with Gasteiger partial charge in [0, 0.05) is 18.6 Å². The van der Waals surface area contributed by atoms with Crippen molar-refractivity contribution in [2.45, 2.75) is 25.9 Å². The Morgan fingerprint density at radius 1 is 1.25 bits per heavy atom. The average molecular weight is 272 g/mol. The molecule has 0 saturated carbocycles. The first kappa shape index (κ1) is 13.3. The number of hydrogen-bond acceptors (Lipinski definition) is 4. The Balaban J connectivity index is 1.74. The SMILES string of the molecule is CC1(C)COCCN1Cc1cnn(-c2ccccc2)n1. The minimum Gasteiger partial charge on any atom is -0.378 e.